The van der Waals surface area contributed by atoms with Gasteiger partial charge < -0.3 is 14.8 Å². The van der Waals surface area contributed by atoms with Crippen LogP contribution in [0, 0.1) is 3.57 Å². The van der Waals surface area contributed by atoms with E-state index in [1.165, 1.54) is 0 Å². The van der Waals surface area contributed by atoms with Gasteiger partial charge in [0.2, 0.25) is 0 Å². The Morgan fingerprint density at radius 1 is 1.14 bits per heavy atom. The van der Waals surface area contributed by atoms with Gasteiger partial charge in [-0.1, -0.05) is 22.0 Å². The third kappa shape index (κ3) is 3.55. The second-order valence-corrected chi connectivity index (χ2v) is 6.86. The molecular weight excluding hydrogens is 461 g/mol. The summed E-state index contributed by atoms with van der Waals surface area (Å²) in [5.74, 6) is 1.39. The van der Waals surface area contributed by atoms with Crippen molar-refractivity contribution in [3.8, 4) is 11.5 Å². The quantitative estimate of drug-likeness (QED) is 0.690. The van der Waals surface area contributed by atoms with Crippen LogP contribution in [0.25, 0.3) is 0 Å². The van der Waals surface area contributed by atoms with Crippen molar-refractivity contribution in [2.75, 3.05) is 13.2 Å². The highest BCUT2D eigenvalue weighted by atomic mass is 127. The largest absolute Gasteiger partial charge is 0.486 e. The molecule has 0 bridgehead atoms. The summed E-state index contributed by atoms with van der Waals surface area (Å²) in [5.41, 5.74) is 1.63. The zero-order valence-corrected chi connectivity index (χ0v) is 15.3. The van der Waals surface area contributed by atoms with Crippen molar-refractivity contribution in [3.05, 3.63) is 55.6 Å². The van der Waals surface area contributed by atoms with Crippen LogP contribution in [0.1, 0.15) is 15.9 Å². The summed E-state index contributed by atoms with van der Waals surface area (Å²) >= 11 is 5.54. The third-order valence-corrected chi connectivity index (χ3v) is 4.67. The average molecular weight is 474 g/mol. The van der Waals surface area contributed by atoms with E-state index in [-0.39, 0.29) is 5.91 Å². The van der Waals surface area contributed by atoms with Crippen LogP contribution >= 0.6 is 38.5 Å². The number of carbonyl (C=O) groups is 1. The second kappa shape index (κ2) is 6.87. The number of halogens is 2. The minimum absolute atomic E-state index is 0.0967. The van der Waals surface area contributed by atoms with E-state index in [0.29, 0.717) is 25.3 Å². The lowest BCUT2D eigenvalue weighted by molar-refractivity contribution is 0.0950. The highest BCUT2D eigenvalue weighted by Gasteiger charge is 2.13. The van der Waals surface area contributed by atoms with Crippen LogP contribution in [0.15, 0.2) is 40.9 Å². The van der Waals surface area contributed by atoms with Crippen LogP contribution in [0.4, 0.5) is 0 Å². The first-order valence-corrected chi connectivity index (χ1v) is 8.62. The van der Waals surface area contributed by atoms with E-state index < -0.39 is 0 Å². The summed E-state index contributed by atoms with van der Waals surface area (Å²) in [6.07, 6.45) is 0. The third-order valence-electron chi connectivity index (χ3n) is 3.23. The molecule has 0 spiro atoms. The topological polar surface area (TPSA) is 47.6 Å². The molecule has 114 valence electrons. The summed E-state index contributed by atoms with van der Waals surface area (Å²) in [7, 11) is 0. The number of fused-ring (bicyclic) bond motifs is 1. The van der Waals surface area contributed by atoms with Gasteiger partial charge in [-0.2, -0.15) is 0 Å². The molecule has 0 aromatic heterocycles. The average Bonchev–Trinajstić information content (AvgIpc) is 2.54. The van der Waals surface area contributed by atoms with Gasteiger partial charge in [-0.25, -0.2) is 0 Å². The van der Waals surface area contributed by atoms with Gasteiger partial charge in [0.1, 0.15) is 13.2 Å². The maximum Gasteiger partial charge on any atom is 0.252 e. The van der Waals surface area contributed by atoms with Crippen LogP contribution in [-0.4, -0.2) is 19.1 Å². The fraction of sp³-hybridized carbons (Fsp3) is 0.188. The summed E-state index contributed by atoms with van der Waals surface area (Å²) in [4.78, 5) is 12.3. The molecule has 0 unspecified atom stereocenters. The predicted octanol–water partition coefficient (Wildman–Crippen LogP) is 3.75. The Morgan fingerprint density at radius 3 is 2.73 bits per heavy atom. The fourth-order valence-electron chi connectivity index (χ4n) is 2.15. The van der Waals surface area contributed by atoms with Crippen molar-refractivity contribution < 1.29 is 14.3 Å². The minimum Gasteiger partial charge on any atom is -0.486 e. The highest BCUT2D eigenvalue weighted by molar-refractivity contribution is 14.1. The predicted molar refractivity (Wildman–Crippen MR) is 95.5 cm³/mol. The molecule has 0 atom stereocenters. The second-order valence-electron chi connectivity index (χ2n) is 4.78. The van der Waals surface area contributed by atoms with Gasteiger partial charge in [-0.05, 0) is 58.5 Å². The van der Waals surface area contributed by atoms with E-state index in [2.05, 4.69) is 43.8 Å². The summed E-state index contributed by atoms with van der Waals surface area (Å²) in [6.45, 7) is 1.57. The lowest BCUT2D eigenvalue weighted by Crippen LogP contribution is -2.24. The van der Waals surface area contributed by atoms with Crippen molar-refractivity contribution in [1.82, 2.24) is 5.32 Å². The van der Waals surface area contributed by atoms with Crippen LogP contribution in [0.3, 0.4) is 0 Å². The minimum atomic E-state index is -0.0967. The molecule has 2 aromatic carbocycles. The number of rotatable bonds is 3. The first-order valence-electron chi connectivity index (χ1n) is 6.75. The van der Waals surface area contributed by atoms with Crippen molar-refractivity contribution in [3.63, 3.8) is 0 Å². The lowest BCUT2D eigenvalue weighted by atomic mass is 10.1. The summed E-state index contributed by atoms with van der Waals surface area (Å²) < 4.78 is 12.8. The number of amides is 1. The molecule has 1 aliphatic heterocycles. The molecule has 0 aliphatic carbocycles. The van der Waals surface area contributed by atoms with Gasteiger partial charge in [-0.3, -0.25) is 4.79 Å². The van der Waals surface area contributed by atoms with Gasteiger partial charge in [0, 0.05) is 14.6 Å². The van der Waals surface area contributed by atoms with Gasteiger partial charge in [0.25, 0.3) is 5.91 Å². The SMILES string of the molecule is O=C(NCc1ccc2c(c1)OCCO2)c1cc(Br)ccc1I. The van der Waals surface area contributed by atoms with Crippen molar-refractivity contribution >= 4 is 44.4 Å². The fourth-order valence-corrected chi connectivity index (χ4v) is 3.09. The first-order chi connectivity index (χ1) is 10.6. The van der Waals surface area contributed by atoms with E-state index >= 15 is 0 Å². The molecule has 1 N–H and O–H groups in total. The van der Waals surface area contributed by atoms with E-state index in [9.17, 15) is 4.79 Å². The molecule has 0 radical (unpaired) electrons. The Bertz CT molecular complexity index is 721. The molecule has 1 heterocycles. The van der Waals surface area contributed by atoms with Crippen molar-refractivity contribution in [2.24, 2.45) is 0 Å². The Labute approximate surface area is 150 Å². The Hall–Kier alpha value is -1.28. The van der Waals surface area contributed by atoms with Crippen LogP contribution < -0.4 is 14.8 Å². The Kier molecular flexibility index (Phi) is 4.87. The number of nitrogens with one attached hydrogen (secondary N) is 1. The normalized spacial score (nSPS) is 12.8. The Balaban J connectivity index is 1.69. The maximum atomic E-state index is 12.3. The molecule has 0 saturated heterocycles. The molecule has 0 fully saturated rings. The molecule has 3 rings (SSSR count). The summed E-state index contributed by atoms with van der Waals surface area (Å²) in [5, 5.41) is 2.93. The molecule has 2 aromatic rings. The molecular formula is C16H13BrINO3. The van der Waals surface area contributed by atoms with E-state index in [1.54, 1.807) is 0 Å². The molecule has 4 nitrogen and oxygen atoms in total. The van der Waals surface area contributed by atoms with Crippen LogP contribution in [-0.2, 0) is 6.54 Å². The lowest BCUT2D eigenvalue weighted by Gasteiger charge is -2.19. The summed E-state index contributed by atoms with van der Waals surface area (Å²) in [6, 6.07) is 11.4. The highest BCUT2D eigenvalue weighted by Crippen LogP contribution is 2.30. The van der Waals surface area contributed by atoms with Gasteiger partial charge in [0.15, 0.2) is 11.5 Å². The van der Waals surface area contributed by atoms with E-state index in [0.717, 1.165) is 25.1 Å². The number of carbonyl (C=O) groups excluding carboxylic acids is 1. The molecule has 0 saturated carbocycles. The standard InChI is InChI=1S/C16H13BrINO3/c17-11-2-3-13(18)12(8-11)16(20)19-9-10-1-4-14-15(7-10)22-6-5-21-14/h1-4,7-8H,5-6,9H2,(H,19,20). The monoisotopic (exact) mass is 473 g/mol. The van der Waals surface area contributed by atoms with E-state index in [4.69, 9.17) is 9.47 Å². The molecule has 6 heteroatoms. The Morgan fingerprint density at radius 2 is 1.91 bits per heavy atom. The number of hydrogen-bond acceptors (Lipinski definition) is 3. The number of hydrogen-bond donors (Lipinski definition) is 1. The van der Waals surface area contributed by atoms with Crippen LogP contribution in [0.2, 0.25) is 0 Å². The van der Waals surface area contributed by atoms with Gasteiger partial charge >= 0.3 is 0 Å². The molecule has 1 amide bonds. The number of benzene rings is 2. The molecule has 22 heavy (non-hydrogen) atoms. The first kappa shape index (κ1) is 15.6. The zero-order chi connectivity index (χ0) is 15.5. The zero-order valence-electron chi connectivity index (χ0n) is 11.6. The maximum absolute atomic E-state index is 12.3. The smallest absolute Gasteiger partial charge is 0.252 e. The molecule has 1 aliphatic rings. The van der Waals surface area contributed by atoms with Gasteiger partial charge in [-0.15, -0.1) is 0 Å². The van der Waals surface area contributed by atoms with Crippen LogP contribution in [0.5, 0.6) is 11.5 Å². The van der Waals surface area contributed by atoms with Gasteiger partial charge in [0.05, 0.1) is 5.56 Å². The van der Waals surface area contributed by atoms with E-state index in [1.807, 2.05) is 36.4 Å². The van der Waals surface area contributed by atoms with Crippen molar-refractivity contribution in [2.45, 2.75) is 6.54 Å². The van der Waals surface area contributed by atoms with Crippen molar-refractivity contribution in [1.29, 1.82) is 0 Å². The number of ether oxygens (including phenoxy) is 2.